The van der Waals surface area contributed by atoms with Gasteiger partial charge in [-0.1, -0.05) is 23.8 Å². The van der Waals surface area contributed by atoms with Crippen molar-refractivity contribution >= 4 is 26.8 Å². The van der Waals surface area contributed by atoms with Crippen LogP contribution in [0.5, 0.6) is 5.75 Å². The molecule has 1 aliphatic carbocycles. The standard InChI is InChI=1S/C39H45F3N4O7S/c1-25-5-8-29(9-6-25)54(50,51)46-18-13-30-32(22-43(4)35(47)34(30)46)31-19-26(37(2,3)49)7-10-33(31)52-24-38(14-15-38)23-44-20-28(21-44)53-27-11-16-45(17-12-27)36(48)39(40,41)42/h5-10,13,18-19,22,27-28,49H,11-12,14-17,20-21,23-24H2,1-4H3. The number of carbonyl (C=O) groups excluding carboxylic acids is 1. The van der Waals surface area contributed by atoms with Gasteiger partial charge in [0, 0.05) is 74.1 Å². The number of aryl methyl sites for hydroxylation is 2. The van der Waals surface area contributed by atoms with Gasteiger partial charge in [0.05, 0.1) is 29.3 Å². The topological polar surface area (TPSA) is 123 Å². The van der Waals surface area contributed by atoms with Crippen LogP contribution in [0.1, 0.15) is 50.7 Å². The summed E-state index contributed by atoms with van der Waals surface area (Å²) in [5.74, 6) is -1.26. The minimum absolute atomic E-state index is 0.00348. The maximum Gasteiger partial charge on any atom is 0.471 e. The van der Waals surface area contributed by atoms with Gasteiger partial charge in [-0.2, -0.15) is 13.2 Å². The Labute approximate surface area is 311 Å². The second-order valence-corrected chi connectivity index (χ2v) is 17.5. The molecule has 4 heterocycles. The van der Waals surface area contributed by atoms with Gasteiger partial charge in [-0.3, -0.25) is 14.5 Å². The summed E-state index contributed by atoms with van der Waals surface area (Å²) in [6.45, 7) is 7.87. The second kappa shape index (κ2) is 13.8. The van der Waals surface area contributed by atoms with E-state index in [1.807, 2.05) is 13.0 Å². The first-order chi connectivity index (χ1) is 25.3. The third kappa shape index (κ3) is 7.55. The smallest absolute Gasteiger partial charge is 0.471 e. The van der Waals surface area contributed by atoms with Crippen molar-refractivity contribution in [3.8, 4) is 16.9 Å². The summed E-state index contributed by atoms with van der Waals surface area (Å²) in [5.41, 5.74) is 0.937. The van der Waals surface area contributed by atoms with Gasteiger partial charge < -0.3 is 24.0 Å². The molecule has 7 rings (SSSR count). The van der Waals surface area contributed by atoms with Crippen molar-refractivity contribution in [1.29, 1.82) is 0 Å². The molecule has 2 aromatic carbocycles. The summed E-state index contributed by atoms with van der Waals surface area (Å²) >= 11 is 0. The monoisotopic (exact) mass is 770 g/mol. The quantitative estimate of drug-likeness (QED) is 0.221. The van der Waals surface area contributed by atoms with Gasteiger partial charge in [0.15, 0.2) is 0 Å². The molecule has 0 unspecified atom stereocenters. The van der Waals surface area contributed by atoms with Crippen molar-refractivity contribution in [2.24, 2.45) is 12.5 Å². The number of benzene rings is 2. The third-order valence-electron chi connectivity index (χ3n) is 10.9. The molecule has 0 radical (unpaired) electrons. The zero-order chi connectivity index (χ0) is 38.8. The number of piperidine rings is 1. The summed E-state index contributed by atoms with van der Waals surface area (Å²) in [7, 11) is -2.53. The number of aromatic nitrogens is 2. The van der Waals surface area contributed by atoms with Crippen LogP contribution >= 0.6 is 0 Å². The lowest BCUT2D eigenvalue weighted by Crippen LogP contribution is -2.56. The number of hydrogen-bond donors (Lipinski definition) is 1. The van der Waals surface area contributed by atoms with E-state index >= 15 is 0 Å². The zero-order valence-electron chi connectivity index (χ0n) is 30.7. The summed E-state index contributed by atoms with van der Waals surface area (Å²) in [6, 6.07) is 13.5. The Morgan fingerprint density at radius 2 is 1.65 bits per heavy atom. The molecule has 0 bridgehead atoms. The molecule has 1 saturated carbocycles. The maximum atomic E-state index is 13.8. The highest BCUT2D eigenvalue weighted by molar-refractivity contribution is 7.90. The molecule has 4 aromatic rings. The van der Waals surface area contributed by atoms with E-state index in [0.29, 0.717) is 60.4 Å². The van der Waals surface area contributed by atoms with Gasteiger partial charge >= 0.3 is 12.1 Å². The lowest BCUT2D eigenvalue weighted by atomic mass is 9.93. The summed E-state index contributed by atoms with van der Waals surface area (Å²) in [5, 5.41) is 11.4. The van der Waals surface area contributed by atoms with Crippen LogP contribution in [0.2, 0.25) is 0 Å². The van der Waals surface area contributed by atoms with Gasteiger partial charge in [-0.25, -0.2) is 12.4 Å². The molecule has 2 aromatic heterocycles. The zero-order valence-corrected chi connectivity index (χ0v) is 31.5. The van der Waals surface area contributed by atoms with Crippen LogP contribution in [0.15, 0.2) is 70.6 Å². The number of alkyl halides is 3. The number of likely N-dealkylation sites (tertiary alicyclic amines) is 2. The van der Waals surface area contributed by atoms with Crippen LogP contribution in [0.25, 0.3) is 22.0 Å². The van der Waals surface area contributed by atoms with Crippen molar-refractivity contribution in [3.63, 3.8) is 0 Å². The van der Waals surface area contributed by atoms with Gasteiger partial charge in [0.1, 0.15) is 11.3 Å². The Hall–Kier alpha value is -4.18. The molecule has 3 fully saturated rings. The summed E-state index contributed by atoms with van der Waals surface area (Å²) in [4.78, 5) is 28.3. The number of hydrogen-bond acceptors (Lipinski definition) is 8. The van der Waals surface area contributed by atoms with Crippen LogP contribution in [0, 0.1) is 12.3 Å². The average molecular weight is 771 g/mol. The molecule has 290 valence electrons. The van der Waals surface area contributed by atoms with E-state index in [1.54, 1.807) is 57.4 Å². The van der Waals surface area contributed by atoms with Gasteiger partial charge in [-0.15, -0.1) is 0 Å². The molecule has 1 N–H and O–H groups in total. The van der Waals surface area contributed by atoms with E-state index in [2.05, 4.69) is 4.90 Å². The normalized spacial score (nSPS) is 18.6. The second-order valence-electron chi connectivity index (χ2n) is 15.7. The first kappa shape index (κ1) is 38.1. The van der Waals surface area contributed by atoms with Crippen LogP contribution in [-0.4, -0.2) is 95.5 Å². The fourth-order valence-corrected chi connectivity index (χ4v) is 8.77. The molecular formula is C39H45F3N4O7S. The van der Waals surface area contributed by atoms with Crippen molar-refractivity contribution in [1.82, 2.24) is 18.3 Å². The Kier molecular flexibility index (Phi) is 9.77. The molecule has 0 atom stereocenters. The average Bonchev–Trinajstić information content (AvgIpc) is 3.71. The van der Waals surface area contributed by atoms with Crippen LogP contribution in [0.3, 0.4) is 0 Å². The first-order valence-electron chi connectivity index (χ1n) is 18.1. The highest BCUT2D eigenvalue weighted by Gasteiger charge is 2.48. The molecule has 1 amide bonds. The van der Waals surface area contributed by atoms with E-state index in [4.69, 9.17) is 9.47 Å². The highest BCUT2D eigenvalue weighted by atomic mass is 32.2. The van der Waals surface area contributed by atoms with E-state index in [1.165, 1.54) is 22.9 Å². The number of nitrogens with zero attached hydrogens (tertiary/aromatic N) is 4. The van der Waals surface area contributed by atoms with Crippen molar-refractivity contribution in [2.75, 3.05) is 39.3 Å². The van der Waals surface area contributed by atoms with E-state index in [9.17, 15) is 36.3 Å². The molecule has 2 saturated heterocycles. The minimum Gasteiger partial charge on any atom is -0.492 e. The van der Waals surface area contributed by atoms with Gasteiger partial charge in [-0.05, 0) is 82.3 Å². The summed E-state index contributed by atoms with van der Waals surface area (Å²) < 4.78 is 81.1. The van der Waals surface area contributed by atoms with Crippen molar-refractivity contribution < 1.29 is 41.0 Å². The van der Waals surface area contributed by atoms with E-state index < -0.39 is 33.3 Å². The molecule has 0 spiro atoms. The largest absolute Gasteiger partial charge is 0.492 e. The van der Waals surface area contributed by atoms with Gasteiger partial charge in [0.25, 0.3) is 15.6 Å². The Bertz CT molecular complexity index is 2230. The molecule has 3 aliphatic rings. The predicted molar refractivity (Wildman–Crippen MR) is 196 cm³/mol. The third-order valence-corrected chi connectivity index (χ3v) is 12.6. The number of carbonyl (C=O) groups is 1. The van der Waals surface area contributed by atoms with E-state index in [-0.39, 0.29) is 41.1 Å². The summed E-state index contributed by atoms with van der Waals surface area (Å²) in [6.07, 6.45) is 0.665. The highest BCUT2D eigenvalue weighted by Crippen LogP contribution is 2.48. The van der Waals surface area contributed by atoms with E-state index in [0.717, 1.165) is 33.8 Å². The molecular weight excluding hydrogens is 726 g/mol. The van der Waals surface area contributed by atoms with Crippen molar-refractivity contribution in [3.05, 3.63) is 82.4 Å². The van der Waals surface area contributed by atoms with Crippen LogP contribution < -0.4 is 10.3 Å². The Morgan fingerprint density at radius 1 is 0.981 bits per heavy atom. The minimum atomic E-state index is -4.86. The SMILES string of the molecule is Cc1ccc(S(=O)(=O)n2ccc3c(-c4cc(C(C)(C)O)ccc4OCC4(CN5CC(OC6CCN(C(=O)C(F)(F)F)CC6)C5)CC4)cn(C)c(=O)c32)cc1. The first-order valence-corrected chi connectivity index (χ1v) is 19.6. The lowest BCUT2D eigenvalue weighted by molar-refractivity contribution is -0.188. The number of amides is 1. The van der Waals surface area contributed by atoms with Crippen molar-refractivity contribution in [2.45, 2.75) is 75.3 Å². The number of rotatable bonds is 11. The molecule has 15 heteroatoms. The molecule has 11 nitrogen and oxygen atoms in total. The number of ether oxygens (including phenoxy) is 2. The fraction of sp³-hybridized carbons (Fsp3) is 0.487. The number of pyridine rings is 1. The number of fused-ring (bicyclic) bond motifs is 1. The maximum absolute atomic E-state index is 13.8. The predicted octanol–water partition coefficient (Wildman–Crippen LogP) is 5.19. The number of aliphatic hydroxyl groups is 1. The number of halogens is 3. The van der Waals surface area contributed by atoms with Crippen LogP contribution in [-0.2, 0) is 32.2 Å². The Morgan fingerprint density at radius 3 is 2.26 bits per heavy atom. The molecule has 2 aliphatic heterocycles. The lowest BCUT2D eigenvalue weighted by Gasteiger charge is -2.43. The van der Waals surface area contributed by atoms with Gasteiger partial charge in [0.2, 0.25) is 0 Å². The fourth-order valence-electron chi connectivity index (χ4n) is 7.43. The van der Waals surface area contributed by atoms with Crippen LogP contribution in [0.4, 0.5) is 13.2 Å². The molecule has 54 heavy (non-hydrogen) atoms. The Balaban J connectivity index is 1.07.